The molecule has 0 aliphatic carbocycles. The zero-order valence-corrected chi connectivity index (χ0v) is 19.0. The van der Waals surface area contributed by atoms with E-state index in [1.807, 2.05) is 36.4 Å². The summed E-state index contributed by atoms with van der Waals surface area (Å²) in [5, 5.41) is 10.7. The van der Waals surface area contributed by atoms with Gasteiger partial charge in [-0.1, -0.05) is 91.0 Å². The Morgan fingerprint density at radius 3 is 1.88 bits per heavy atom. The lowest BCUT2D eigenvalue weighted by Crippen LogP contribution is -2.62. The maximum atomic E-state index is 13.6. The van der Waals surface area contributed by atoms with Gasteiger partial charge in [0.15, 0.2) is 0 Å². The Hall–Kier alpha value is -2.95. The van der Waals surface area contributed by atoms with Crippen LogP contribution < -0.4 is 0 Å². The van der Waals surface area contributed by atoms with Gasteiger partial charge in [0, 0.05) is 25.2 Å². The van der Waals surface area contributed by atoms with E-state index in [2.05, 4.69) is 64.4 Å². The molecule has 2 saturated heterocycles. The van der Waals surface area contributed by atoms with Crippen molar-refractivity contribution in [2.45, 2.75) is 49.9 Å². The van der Waals surface area contributed by atoms with Gasteiger partial charge in [-0.2, -0.15) is 0 Å². The van der Waals surface area contributed by atoms with Gasteiger partial charge >= 0.3 is 0 Å². The number of rotatable bonds is 5. The van der Waals surface area contributed by atoms with Crippen LogP contribution in [0.1, 0.15) is 48.4 Å². The van der Waals surface area contributed by atoms with E-state index < -0.39 is 6.10 Å². The van der Waals surface area contributed by atoms with Crippen LogP contribution in [0.15, 0.2) is 91.0 Å². The summed E-state index contributed by atoms with van der Waals surface area (Å²) in [5.41, 5.74) is 3.23. The van der Waals surface area contributed by atoms with Gasteiger partial charge in [0.1, 0.15) is 0 Å². The predicted octanol–water partition coefficient (Wildman–Crippen LogP) is 4.79. The van der Waals surface area contributed by atoms with Gasteiger partial charge < -0.3 is 10.0 Å². The number of amides is 1. The van der Waals surface area contributed by atoms with Crippen LogP contribution in [0.2, 0.25) is 0 Å². The van der Waals surface area contributed by atoms with Crippen LogP contribution in [0.4, 0.5) is 0 Å². The molecule has 0 saturated carbocycles. The van der Waals surface area contributed by atoms with Crippen molar-refractivity contribution in [3.05, 3.63) is 108 Å². The predicted molar refractivity (Wildman–Crippen MR) is 130 cm³/mol. The molecular formula is C29H32N2O2. The van der Waals surface area contributed by atoms with E-state index in [0.29, 0.717) is 6.42 Å². The Kier molecular flexibility index (Phi) is 6.30. The number of hydrogen-bond acceptors (Lipinski definition) is 3. The Morgan fingerprint density at radius 2 is 1.33 bits per heavy atom. The van der Waals surface area contributed by atoms with Crippen molar-refractivity contribution in [2.75, 3.05) is 13.1 Å². The van der Waals surface area contributed by atoms with E-state index in [0.717, 1.165) is 43.6 Å². The molecule has 1 spiro atoms. The van der Waals surface area contributed by atoms with Gasteiger partial charge in [0.05, 0.1) is 18.6 Å². The van der Waals surface area contributed by atoms with Crippen molar-refractivity contribution < 1.29 is 9.90 Å². The summed E-state index contributed by atoms with van der Waals surface area (Å²) in [4.78, 5) is 18.2. The summed E-state index contributed by atoms with van der Waals surface area (Å²) >= 11 is 0. The Morgan fingerprint density at radius 1 is 0.818 bits per heavy atom. The zero-order chi connectivity index (χ0) is 22.7. The third kappa shape index (κ3) is 4.59. The Labute approximate surface area is 196 Å². The maximum Gasteiger partial charge on any atom is 0.226 e. The molecule has 0 aromatic heterocycles. The van der Waals surface area contributed by atoms with Crippen molar-refractivity contribution >= 4 is 5.91 Å². The Bertz CT molecular complexity index is 1010. The summed E-state index contributed by atoms with van der Waals surface area (Å²) in [5.74, 6) is 0.0583. The first-order chi connectivity index (χ1) is 16.1. The maximum absolute atomic E-state index is 13.6. The van der Waals surface area contributed by atoms with Crippen molar-refractivity contribution in [3.63, 3.8) is 0 Å². The molecule has 5 rings (SSSR count). The van der Waals surface area contributed by atoms with Crippen LogP contribution in [0.25, 0.3) is 0 Å². The standard InChI is InChI=1S/C29H32N2O2/c32-26-20-27(33)31(28(24-12-6-2-7-13-24)25-14-8-3-9-15-25)29(21-26)16-18-30(19-17-29)22-23-10-4-1-5-11-23/h1-15,26,28,32H,16-22H2. The molecule has 1 amide bonds. The molecule has 4 heteroatoms. The first-order valence-corrected chi connectivity index (χ1v) is 12.0. The van der Waals surface area contributed by atoms with Gasteiger partial charge in [-0.25, -0.2) is 0 Å². The number of hydrogen-bond donors (Lipinski definition) is 1. The minimum atomic E-state index is -0.568. The third-order valence-electron chi connectivity index (χ3n) is 7.33. The molecule has 4 nitrogen and oxygen atoms in total. The lowest BCUT2D eigenvalue weighted by molar-refractivity contribution is -0.156. The second-order valence-corrected chi connectivity index (χ2v) is 9.54. The molecule has 0 bridgehead atoms. The smallest absolute Gasteiger partial charge is 0.226 e. The number of nitrogens with zero attached hydrogens (tertiary/aromatic N) is 2. The minimum Gasteiger partial charge on any atom is -0.393 e. The van der Waals surface area contributed by atoms with Gasteiger partial charge in [-0.15, -0.1) is 0 Å². The summed E-state index contributed by atoms with van der Waals surface area (Å²) < 4.78 is 0. The van der Waals surface area contributed by atoms with Crippen LogP contribution >= 0.6 is 0 Å². The number of carbonyl (C=O) groups excluding carboxylic acids is 1. The summed E-state index contributed by atoms with van der Waals surface area (Å²) in [6, 6.07) is 31.1. The number of carbonyl (C=O) groups is 1. The van der Waals surface area contributed by atoms with E-state index in [1.165, 1.54) is 5.56 Å². The number of aliphatic hydroxyl groups is 1. The number of piperidine rings is 2. The van der Waals surface area contributed by atoms with Gasteiger partial charge in [-0.05, 0) is 36.0 Å². The summed E-state index contributed by atoms with van der Waals surface area (Å²) in [6.07, 6.45) is 2.03. The van der Waals surface area contributed by atoms with Gasteiger partial charge in [0.25, 0.3) is 0 Å². The van der Waals surface area contributed by atoms with E-state index >= 15 is 0 Å². The van der Waals surface area contributed by atoms with Crippen LogP contribution in [-0.2, 0) is 11.3 Å². The second kappa shape index (κ2) is 9.50. The van der Waals surface area contributed by atoms with Gasteiger partial charge in [-0.3, -0.25) is 9.69 Å². The molecule has 33 heavy (non-hydrogen) atoms. The van der Waals surface area contributed by atoms with Crippen molar-refractivity contribution in [1.29, 1.82) is 0 Å². The van der Waals surface area contributed by atoms with E-state index in [-0.39, 0.29) is 23.9 Å². The fourth-order valence-electron chi connectivity index (χ4n) is 5.77. The first-order valence-electron chi connectivity index (χ1n) is 12.0. The van der Waals surface area contributed by atoms with Crippen LogP contribution in [0, 0.1) is 0 Å². The van der Waals surface area contributed by atoms with Crippen molar-refractivity contribution in [1.82, 2.24) is 9.80 Å². The SMILES string of the molecule is O=C1CC(O)CC2(CCN(Cc3ccccc3)CC2)N1C(c1ccccc1)c1ccccc1. The van der Waals surface area contributed by atoms with Crippen molar-refractivity contribution in [2.24, 2.45) is 0 Å². The molecule has 2 aliphatic heterocycles. The minimum absolute atomic E-state index is 0.0583. The highest BCUT2D eigenvalue weighted by atomic mass is 16.3. The third-order valence-corrected chi connectivity index (χ3v) is 7.33. The van der Waals surface area contributed by atoms with Crippen LogP contribution in [0.5, 0.6) is 0 Å². The number of likely N-dealkylation sites (tertiary alicyclic amines) is 2. The highest BCUT2D eigenvalue weighted by Crippen LogP contribution is 2.45. The Balaban J connectivity index is 1.47. The lowest BCUT2D eigenvalue weighted by atomic mass is 9.75. The van der Waals surface area contributed by atoms with E-state index in [4.69, 9.17) is 0 Å². The van der Waals surface area contributed by atoms with Crippen molar-refractivity contribution in [3.8, 4) is 0 Å². The molecular weight excluding hydrogens is 408 g/mol. The molecule has 0 radical (unpaired) electrons. The van der Waals surface area contributed by atoms with Crippen LogP contribution in [0.3, 0.4) is 0 Å². The quantitative estimate of drug-likeness (QED) is 0.620. The zero-order valence-electron chi connectivity index (χ0n) is 19.0. The fourth-order valence-corrected chi connectivity index (χ4v) is 5.77. The molecule has 1 N–H and O–H groups in total. The summed E-state index contributed by atoms with van der Waals surface area (Å²) in [7, 11) is 0. The lowest BCUT2D eigenvalue weighted by Gasteiger charge is -2.55. The number of aliphatic hydroxyl groups excluding tert-OH is 1. The monoisotopic (exact) mass is 440 g/mol. The molecule has 1 atom stereocenters. The summed E-state index contributed by atoms with van der Waals surface area (Å²) in [6.45, 7) is 2.76. The normalized spacial score (nSPS) is 21.0. The molecule has 2 aliphatic rings. The molecule has 1 unspecified atom stereocenters. The first kappa shape index (κ1) is 21.9. The highest BCUT2D eigenvalue weighted by molar-refractivity contribution is 5.80. The molecule has 3 aromatic carbocycles. The molecule has 2 heterocycles. The van der Waals surface area contributed by atoms with E-state index in [1.54, 1.807) is 0 Å². The molecule has 3 aromatic rings. The second-order valence-electron chi connectivity index (χ2n) is 9.54. The topological polar surface area (TPSA) is 43.8 Å². The average molecular weight is 441 g/mol. The largest absolute Gasteiger partial charge is 0.393 e. The highest BCUT2D eigenvalue weighted by Gasteiger charge is 2.50. The average Bonchev–Trinajstić information content (AvgIpc) is 2.85. The van der Waals surface area contributed by atoms with Crippen LogP contribution in [-0.4, -0.2) is 45.5 Å². The molecule has 2 fully saturated rings. The molecule has 170 valence electrons. The number of benzene rings is 3. The fraction of sp³-hybridized carbons (Fsp3) is 0.345. The van der Waals surface area contributed by atoms with Gasteiger partial charge in [0.2, 0.25) is 5.91 Å². The van der Waals surface area contributed by atoms with E-state index in [9.17, 15) is 9.90 Å².